The number of anilines is 1. The summed E-state index contributed by atoms with van der Waals surface area (Å²) in [6.45, 7) is 2.96. The zero-order valence-corrected chi connectivity index (χ0v) is 10.2. The van der Waals surface area contributed by atoms with Crippen LogP contribution in [0.4, 0.5) is 5.69 Å². The number of hydrogen-bond donors (Lipinski definition) is 2. The van der Waals surface area contributed by atoms with Gasteiger partial charge < -0.3 is 10.4 Å². The van der Waals surface area contributed by atoms with Crippen LogP contribution in [0.1, 0.15) is 41.6 Å². The Labute approximate surface area is 102 Å². The summed E-state index contributed by atoms with van der Waals surface area (Å²) in [6.07, 6.45) is 5.34. The molecule has 0 radical (unpaired) electrons. The van der Waals surface area contributed by atoms with Gasteiger partial charge in [0.25, 0.3) is 0 Å². The SMILES string of the molecule is Cc1cc(C(=O)O)ccc1NCC1CCCC1. The fourth-order valence-electron chi connectivity index (χ4n) is 2.46. The zero-order valence-electron chi connectivity index (χ0n) is 10.2. The van der Waals surface area contributed by atoms with E-state index in [0.717, 1.165) is 23.7 Å². The molecule has 0 bridgehead atoms. The minimum atomic E-state index is -0.865. The maximum atomic E-state index is 10.8. The van der Waals surface area contributed by atoms with Crippen molar-refractivity contribution in [2.24, 2.45) is 5.92 Å². The summed E-state index contributed by atoms with van der Waals surface area (Å²) in [7, 11) is 0. The fraction of sp³-hybridized carbons (Fsp3) is 0.500. The number of nitrogens with one attached hydrogen (secondary N) is 1. The molecule has 1 aliphatic rings. The van der Waals surface area contributed by atoms with E-state index in [0.29, 0.717) is 5.56 Å². The molecule has 0 heterocycles. The largest absolute Gasteiger partial charge is 0.478 e. The second kappa shape index (κ2) is 5.21. The van der Waals surface area contributed by atoms with Gasteiger partial charge in [0.15, 0.2) is 0 Å². The van der Waals surface area contributed by atoms with Crippen molar-refractivity contribution in [1.29, 1.82) is 0 Å². The number of carboxylic acid groups (broad SMARTS) is 1. The van der Waals surface area contributed by atoms with Gasteiger partial charge in [-0.1, -0.05) is 12.8 Å². The number of aromatic carboxylic acids is 1. The van der Waals surface area contributed by atoms with Gasteiger partial charge >= 0.3 is 5.97 Å². The molecule has 3 heteroatoms. The average molecular weight is 233 g/mol. The van der Waals surface area contributed by atoms with Gasteiger partial charge in [-0.2, -0.15) is 0 Å². The number of rotatable bonds is 4. The highest BCUT2D eigenvalue weighted by Gasteiger charge is 2.14. The molecule has 0 aromatic heterocycles. The van der Waals surface area contributed by atoms with Crippen LogP contribution in [-0.4, -0.2) is 17.6 Å². The molecule has 1 aromatic rings. The van der Waals surface area contributed by atoms with E-state index in [1.165, 1.54) is 25.7 Å². The standard InChI is InChI=1S/C14H19NO2/c1-10-8-12(14(16)17)6-7-13(10)15-9-11-4-2-3-5-11/h6-8,11,15H,2-5,9H2,1H3,(H,16,17). The monoisotopic (exact) mass is 233 g/mol. The summed E-state index contributed by atoms with van der Waals surface area (Å²) in [5, 5.41) is 12.3. The normalized spacial score (nSPS) is 16.1. The highest BCUT2D eigenvalue weighted by molar-refractivity contribution is 5.88. The Morgan fingerprint density at radius 1 is 1.41 bits per heavy atom. The maximum absolute atomic E-state index is 10.8. The van der Waals surface area contributed by atoms with Gasteiger partial charge in [0.2, 0.25) is 0 Å². The number of carboxylic acids is 1. The van der Waals surface area contributed by atoms with Crippen molar-refractivity contribution in [3.63, 3.8) is 0 Å². The van der Waals surface area contributed by atoms with E-state index in [1.807, 2.05) is 13.0 Å². The van der Waals surface area contributed by atoms with Crippen molar-refractivity contribution in [3.05, 3.63) is 29.3 Å². The van der Waals surface area contributed by atoms with Crippen LogP contribution in [0.15, 0.2) is 18.2 Å². The van der Waals surface area contributed by atoms with Crippen molar-refractivity contribution >= 4 is 11.7 Å². The van der Waals surface area contributed by atoms with Crippen LogP contribution >= 0.6 is 0 Å². The van der Waals surface area contributed by atoms with E-state index in [2.05, 4.69) is 5.32 Å². The summed E-state index contributed by atoms with van der Waals surface area (Å²) in [5.41, 5.74) is 2.42. The van der Waals surface area contributed by atoms with Gasteiger partial charge in [0.1, 0.15) is 0 Å². The maximum Gasteiger partial charge on any atom is 0.335 e. The quantitative estimate of drug-likeness (QED) is 0.839. The van der Waals surface area contributed by atoms with E-state index < -0.39 is 5.97 Å². The van der Waals surface area contributed by atoms with Crippen molar-refractivity contribution in [2.45, 2.75) is 32.6 Å². The van der Waals surface area contributed by atoms with Gasteiger partial charge in [0.05, 0.1) is 5.56 Å². The van der Waals surface area contributed by atoms with Gasteiger partial charge in [-0.3, -0.25) is 0 Å². The Hall–Kier alpha value is -1.51. The Bertz CT molecular complexity index is 409. The molecule has 0 amide bonds. The molecule has 1 saturated carbocycles. The summed E-state index contributed by atoms with van der Waals surface area (Å²) < 4.78 is 0. The number of aryl methyl sites for hydroxylation is 1. The molecule has 17 heavy (non-hydrogen) atoms. The van der Waals surface area contributed by atoms with Crippen LogP contribution in [0.5, 0.6) is 0 Å². The lowest BCUT2D eigenvalue weighted by molar-refractivity contribution is 0.0697. The molecule has 1 aromatic carbocycles. The molecule has 2 rings (SSSR count). The van der Waals surface area contributed by atoms with Gasteiger partial charge in [-0.25, -0.2) is 4.79 Å². The predicted octanol–water partition coefficient (Wildman–Crippen LogP) is 3.30. The molecule has 1 fully saturated rings. The Morgan fingerprint density at radius 3 is 2.71 bits per heavy atom. The van der Waals surface area contributed by atoms with Crippen molar-refractivity contribution in [2.75, 3.05) is 11.9 Å². The molecule has 3 nitrogen and oxygen atoms in total. The summed E-state index contributed by atoms with van der Waals surface area (Å²) >= 11 is 0. The molecule has 1 aliphatic carbocycles. The van der Waals surface area contributed by atoms with Crippen LogP contribution < -0.4 is 5.32 Å². The van der Waals surface area contributed by atoms with E-state index in [4.69, 9.17) is 5.11 Å². The smallest absolute Gasteiger partial charge is 0.335 e. The number of carbonyl (C=O) groups is 1. The lowest BCUT2D eigenvalue weighted by atomic mass is 10.1. The molecule has 0 aliphatic heterocycles. The van der Waals surface area contributed by atoms with Gasteiger partial charge in [-0.15, -0.1) is 0 Å². The van der Waals surface area contributed by atoms with Crippen LogP contribution in [0.25, 0.3) is 0 Å². The molecular formula is C14H19NO2. The summed E-state index contributed by atoms with van der Waals surface area (Å²) in [4.78, 5) is 10.8. The fourth-order valence-corrected chi connectivity index (χ4v) is 2.46. The minimum absolute atomic E-state index is 0.355. The summed E-state index contributed by atoms with van der Waals surface area (Å²) in [5.74, 6) is -0.0796. The van der Waals surface area contributed by atoms with Crippen molar-refractivity contribution in [1.82, 2.24) is 0 Å². The Morgan fingerprint density at radius 2 is 2.12 bits per heavy atom. The molecule has 0 spiro atoms. The van der Waals surface area contributed by atoms with Crippen molar-refractivity contribution < 1.29 is 9.90 Å². The highest BCUT2D eigenvalue weighted by Crippen LogP contribution is 2.25. The van der Waals surface area contributed by atoms with Gasteiger partial charge in [-0.05, 0) is 49.4 Å². The first-order valence-corrected chi connectivity index (χ1v) is 6.24. The second-order valence-electron chi connectivity index (χ2n) is 4.87. The average Bonchev–Trinajstić information content (AvgIpc) is 2.80. The first-order valence-electron chi connectivity index (χ1n) is 6.24. The van der Waals surface area contributed by atoms with Crippen molar-refractivity contribution in [3.8, 4) is 0 Å². The van der Waals surface area contributed by atoms with E-state index in [1.54, 1.807) is 12.1 Å². The Kier molecular flexibility index (Phi) is 3.67. The Balaban J connectivity index is 1.98. The second-order valence-corrected chi connectivity index (χ2v) is 4.87. The minimum Gasteiger partial charge on any atom is -0.478 e. The van der Waals surface area contributed by atoms with Gasteiger partial charge in [0, 0.05) is 12.2 Å². The van der Waals surface area contributed by atoms with Crippen LogP contribution in [0, 0.1) is 12.8 Å². The lowest BCUT2D eigenvalue weighted by Crippen LogP contribution is -2.12. The highest BCUT2D eigenvalue weighted by atomic mass is 16.4. The third-order valence-electron chi connectivity index (χ3n) is 3.53. The topological polar surface area (TPSA) is 49.3 Å². The molecule has 2 N–H and O–H groups in total. The first-order chi connectivity index (χ1) is 8.16. The zero-order chi connectivity index (χ0) is 12.3. The molecule has 0 saturated heterocycles. The molecule has 0 atom stereocenters. The van der Waals surface area contributed by atoms with E-state index in [9.17, 15) is 4.79 Å². The summed E-state index contributed by atoms with van der Waals surface area (Å²) in [6, 6.07) is 5.25. The van der Waals surface area contributed by atoms with Crippen LogP contribution in [-0.2, 0) is 0 Å². The first kappa shape index (κ1) is 12.0. The lowest BCUT2D eigenvalue weighted by Gasteiger charge is -2.14. The third-order valence-corrected chi connectivity index (χ3v) is 3.53. The van der Waals surface area contributed by atoms with E-state index in [-0.39, 0.29) is 0 Å². The predicted molar refractivity (Wildman–Crippen MR) is 68.6 cm³/mol. The molecular weight excluding hydrogens is 214 g/mol. The van der Waals surface area contributed by atoms with Crippen LogP contribution in [0.3, 0.4) is 0 Å². The third kappa shape index (κ3) is 2.99. The van der Waals surface area contributed by atoms with E-state index >= 15 is 0 Å². The molecule has 0 unspecified atom stereocenters. The van der Waals surface area contributed by atoms with Crippen LogP contribution in [0.2, 0.25) is 0 Å². The number of hydrogen-bond acceptors (Lipinski definition) is 2. The molecule has 92 valence electrons. The number of benzene rings is 1.